The third-order valence-electron chi connectivity index (χ3n) is 3.70. The highest BCUT2D eigenvalue weighted by Crippen LogP contribution is 2.41. The van der Waals surface area contributed by atoms with Crippen LogP contribution in [-0.2, 0) is 17.6 Å². The summed E-state index contributed by atoms with van der Waals surface area (Å²) in [5.74, 6) is -0.273. The summed E-state index contributed by atoms with van der Waals surface area (Å²) in [5, 5.41) is 0.770. The second-order valence-electron chi connectivity index (χ2n) is 5.20. The molecule has 1 heterocycles. The third-order valence-corrected chi connectivity index (χ3v) is 4.90. The summed E-state index contributed by atoms with van der Waals surface area (Å²) in [6, 6.07) is 8.16. The second kappa shape index (κ2) is 5.82. The lowest BCUT2D eigenvalue weighted by molar-refractivity contribution is 0.0601. The maximum absolute atomic E-state index is 12.0. The van der Waals surface area contributed by atoms with E-state index in [2.05, 4.69) is 24.0 Å². The maximum atomic E-state index is 12.0. The lowest BCUT2D eigenvalue weighted by atomic mass is 10.1. The summed E-state index contributed by atoms with van der Waals surface area (Å²) in [6.07, 6.45) is 4.93. The SMILES string of the molecule is COC(=O)c1c(N=Cc2ccc(C)cc2)sc2c1CCC2. The van der Waals surface area contributed by atoms with Gasteiger partial charge in [0.1, 0.15) is 5.00 Å². The quantitative estimate of drug-likeness (QED) is 0.632. The van der Waals surface area contributed by atoms with Crippen LogP contribution >= 0.6 is 11.3 Å². The van der Waals surface area contributed by atoms with E-state index in [1.807, 2.05) is 18.3 Å². The standard InChI is InChI=1S/C17H17NO2S/c1-11-6-8-12(9-7-11)10-18-16-15(17(19)20-2)13-4-3-5-14(13)21-16/h6-10H,3-5H2,1-2H3. The van der Waals surface area contributed by atoms with Crippen molar-refractivity contribution in [3.05, 3.63) is 51.4 Å². The molecular weight excluding hydrogens is 282 g/mol. The van der Waals surface area contributed by atoms with Crippen molar-refractivity contribution in [2.75, 3.05) is 7.11 Å². The topological polar surface area (TPSA) is 38.7 Å². The van der Waals surface area contributed by atoms with E-state index in [0.717, 1.165) is 35.4 Å². The average molecular weight is 299 g/mol. The van der Waals surface area contributed by atoms with Crippen molar-refractivity contribution < 1.29 is 9.53 Å². The second-order valence-corrected chi connectivity index (χ2v) is 6.28. The Morgan fingerprint density at radius 1 is 1.29 bits per heavy atom. The van der Waals surface area contributed by atoms with Crippen LogP contribution in [0.4, 0.5) is 5.00 Å². The lowest BCUT2D eigenvalue weighted by Crippen LogP contribution is -2.02. The first-order valence-electron chi connectivity index (χ1n) is 7.02. The molecule has 0 saturated heterocycles. The molecule has 21 heavy (non-hydrogen) atoms. The zero-order valence-corrected chi connectivity index (χ0v) is 13.0. The van der Waals surface area contributed by atoms with Gasteiger partial charge in [-0.2, -0.15) is 0 Å². The summed E-state index contributed by atoms with van der Waals surface area (Å²) in [6.45, 7) is 2.06. The van der Waals surface area contributed by atoms with Gasteiger partial charge in [0.15, 0.2) is 0 Å². The minimum Gasteiger partial charge on any atom is -0.465 e. The first kappa shape index (κ1) is 14.0. The number of benzene rings is 1. The van der Waals surface area contributed by atoms with E-state index in [1.54, 1.807) is 11.3 Å². The number of methoxy groups -OCH3 is 1. The molecule has 1 aromatic heterocycles. The van der Waals surface area contributed by atoms with E-state index in [0.29, 0.717) is 5.56 Å². The number of hydrogen-bond acceptors (Lipinski definition) is 4. The fourth-order valence-corrected chi connectivity index (χ4v) is 3.80. The molecule has 0 unspecified atom stereocenters. The van der Waals surface area contributed by atoms with Gasteiger partial charge in [-0.1, -0.05) is 29.8 Å². The zero-order chi connectivity index (χ0) is 14.8. The fourth-order valence-electron chi connectivity index (χ4n) is 2.58. The van der Waals surface area contributed by atoms with Crippen LogP contribution in [0, 0.1) is 6.92 Å². The van der Waals surface area contributed by atoms with Crippen LogP contribution in [0.1, 0.15) is 38.3 Å². The van der Waals surface area contributed by atoms with Crippen LogP contribution in [-0.4, -0.2) is 19.3 Å². The molecule has 0 atom stereocenters. The van der Waals surface area contributed by atoms with Gasteiger partial charge in [0.2, 0.25) is 0 Å². The minimum absolute atomic E-state index is 0.273. The first-order chi connectivity index (χ1) is 10.2. The molecule has 0 bridgehead atoms. The van der Waals surface area contributed by atoms with Gasteiger partial charge in [-0.05, 0) is 37.3 Å². The largest absolute Gasteiger partial charge is 0.465 e. The van der Waals surface area contributed by atoms with Crippen LogP contribution in [0.3, 0.4) is 0 Å². The summed E-state index contributed by atoms with van der Waals surface area (Å²) in [4.78, 5) is 17.8. The molecule has 108 valence electrons. The van der Waals surface area contributed by atoms with Crippen molar-refractivity contribution >= 4 is 28.5 Å². The van der Waals surface area contributed by atoms with Crippen LogP contribution in [0.2, 0.25) is 0 Å². The van der Waals surface area contributed by atoms with Crippen LogP contribution in [0.5, 0.6) is 0 Å². The first-order valence-corrected chi connectivity index (χ1v) is 7.84. The number of thiophene rings is 1. The number of esters is 1. The van der Waals surface area contributed by atoms with Crippen molar-refractivity contribution in [1.29, 1.82) is 0 Å². The van der Waals surface area contributed by atoms with E-state index in [4.69, 9.17) is 4.74 Å². The molecule has 2 aromatic rings. The van der Waals surface area contributed by atoms with E-state index in [9.17, 15) is 4.79 Å². The number of hydrogen-bond donors (Lipinski definition) is 0. The molecule has 1 aromatic carbocycles. The third kappa shape index (κ3) is 2.76. The molecule has 3 rings (SSSR count). The summed E-state index contributed by atoms with van der Waals surface area (Å²) >= 11 is 1.62. The number of carbonyl (C=O) groups is 1. The Balaban J connectivity index is 1.95. The number of ether oxygens (including phenoxy) is 1. The fraction of sp³-hybridized carbons (Fsp3) is 0.294. The minimum atomic E-state index is -0.273. The van der Waals surface area contributed by atoms with Crippen LogP contribution in [0.15, 0.2) is 29.3 Å². The molecule has 0 radical (unpaired) electrons. The smallest absolute Gasteiger partial charge is 0.341 e. The van der Waals surface area contributed by atoms with Gasteiger partial charge >= 0.3 is 5.97 Å². The molecule has 0 amide bonds. The zero-order valence-electron chi connectivity index (χ0n) is 12.2. The normalized spacial score (nSPS) is 13.6. The maximum Gasteiger partial charge on any atom is 0.341 e. The van der Waals surface area contributed by atoms with Gasteiger partial charge < -0.3 is 4.74 Å². The number of rotatable bonds is 3. The molecule has 0 spiro atoms. The number of fused-ring (bicyclic) bond motifs is 1. The van der Waals surface area contributed by atoms with Gasteiger partial charge in [-0.15, -0.1) is 11.3 Å². The molecule has 0 N–H and O–H groups in total. The monoisotopic (exact) mass is 299 g/mol. The van der Waals surface area contributed by atoms with Gasteiger partial charge in [-0.25, -0.2) is 9.79 Å². The Bertz CT molecular complexity index is 698. The summed E-state index contributed by atoms with van der Waals surface area (Å²) < 4.78 is 4.92. The summed E-state index contributed by atoms with van der Waals surface area (Å²) in [7, 11) is 1.43. The molecule has 3 nitrogen and oxygen atoms in total. The van der Waals surface area contributed by atoms with Crippen molar-refractivity contribution in [3.8, 4) is 0 Å². The molecule has 1 aliphatic rings. The van der Waals surface area contributed by atoms with E-state index >= 15 is 0 Å². The number of carbonyl (C=O) groups excluding carboxylic acids is 1. The van der Waals surface area contributed by atoms with Crippen LogP contribution < -0.4 is 0 Å². The van der Waals surface area contributed by atoms with E-state index < -0.39 is 0 Å². The van der Waals surface area contributed by atoms with E-state index in [1.165, 1.54) is 17.6 Å². The Morgan fingerprint density at radius 3 is 2.76 bits per heavy atom. The number of nitrogens with zero attached hydrogens (tertiary/aromatic N) is 1. The van der Waals surface area contributed by atoms with Crippen molar-refractivity contribution in [3.63, 3.8) is 0 Å². The Morgan fingerprint density at radius 2 is 2.05 bits per heavy atom. The lowest BCUT2D eigenvalue weighted by Gasteiger charge is -2.01. The van der Waals surface area contributed by atoms with Gasteiger partial charge in [0.25, 0.3) is 0 Å². The van der Waals surface area contributed by atoms with E-state index in [-0.39, 0.29) is 5.97 Å². The molecule has 0 aliphatic heterocycles. The predicted molar refractivity (Wildman–Crippen MR) is 86.1 cm³/mol. The van der Waals surface area contributed by atoms with Gasteiger partial charge in [0.05, 0.1) is 12.7 Å². The highest BCUT2D eigenvalue weighted by molar-refractivity contribution is 7.16. The predicted octanol–water partition coefficient (Wildman–Crippen LogP) is 4.08. The van der Waals surface area contributed by atoms with Crippen molar-refractivity contribution in [2.24, 2.45) is 4.99 Å². The molecule has 1 aliphatic carbocycles. The Hall–Kier alpha value is -1.94. The average Bonchev–Trinajstić information content (AvgIpc) is 3.06. The molecule has 0 fully saturated rings. The van der Waals surface area contributed by atoms with Gasteiger partial charge in [0, 0.05) is 11.1 Å². The number of aliphatic imine (C=N–C) groups is 1. The Labute approximate surface area is 128 Å². The van der Waals surface area contributed by atoms with Crippen molar-refractivity contribution in [2.45, 2.75) is 26.2 Å². The van der Waals surface area contributed by atoms with Crippen LogP contribution in [0.25, 0.3) is 0 Å². The number of aryl methyl sites for hydroxylation is 2. The highest BCUT2D eigenvalue weighted by Gasteiger charge is 2.26. The van der Waals surface area contributed by atoms with Crippen molar-refractivity contribution in [1.82, 2.24) is 0 Å². The highest BCUT2D eigenvalue weighted by atomic mass is 32.1. The molecule has 4 heteroatoms. The summed E-state index contributed by atoms with van der Waals surface area (Å²) in [5.41, 5.74) is 4.06. The Kier molecular flexibility index (Phi) is 3.88. The molecular formula is C17H17NO2S. The van der Waals surface area contributed by atoms with Gasteiger partial charge in [-0.3, -0.25) is 0 Å². The molecule has 0 saturated carbocycles.